The van der Waals surface area contributed by atoms with Gasteiger partial charge in [-0.3, -0.25) is 4.79 Å². The third-order valence-electron chi connectivity index (χ3n) is 2.62. The van der Waals surface area contributed by atoms with Gasteiger partial charge >= 0.3 is 0 Å². The Balaban J connectivity index is 2.20. The van der Waals surface area contributed by atoms with E-state index in [0.29, 0.717) is 16.8 Å². The van der Waals surface area contributed by atoms with Crippen molar-refractivity contribution in [2.24, 2.45) is 10.9 Å². The van der Waals surface area contributed by atoms with Gasteiger partial charge in [0.25, 0.3) is 5.91 Å². The van der Waals surface area contributed by atoms with E-state index in [2.05, 4.69) is 10.5 Å². The third kappa shape index (κ3) is 2.92. The number of hydrogen-bond acceptors (Lipinski definition) is 4. The van der Waals surface area contributed by atoms with E-state index in [1.54, 1.807) is 29.6 Å². The molecule has 0 fully saturated rings. The number of carbonyl (C=O) groups is 1. The molecule has 0 aliphatic rings. The van der Waals surface area contributed by atoms with Crippen molar-refractivity contribution in [3.05, 3.63) is 51.7 Å². The van der Waals surface area contributed by atoms with Crippen LogP contribution in [-0.2, 0) is 0 Å². The highest BCUT2D eigenvalue weighted by atomic mass is 32.1. The monoisotopic (exact) mass is 275 g/mol. The number of oxime groups is 1. The topological polar surface area (TPSA) is 87.7 Å². The number of anilines is 1. The summed E-state index contributed by atoms with van der Waals surface area (Å²) >= 11 is 1.48. The first-order chi connectivity index (χ1) is 9.11. The van der Waals surface area contributed by atoms with Crippen molar-refractivity contribution in [3.63, 3.8) is 0 Å². The summed E-state index contributed by atoms with van der Waals surface area (Å²) in [4.78, 5) is 12.0. The minimum Gasteiger partial charge on any atom is -0.409 e. The standard InChI is InChI=1S/C13H13N3O2S/c1-8-6-19-7-11(8)13(17)15-10-4-2-3-9(5-10)12(14)16-18/h2-7,18H,1H3,(H2,14,16)(H,15,17). The van der Waals surface area contributed by atoms with Gasteiger partial charge in [-0.25, -0.2) is 0 Å². The van der Waals surface area contributed by atoms with Gasteiger partial charge in [0, 0.05) is 16.6 Å². The molecule has 1 aromatic heterocycles. The third-order valence-corrected chi connectivity index (χ3v) is 3.49. The fraction of sp³-hybridized carbons (Fsp3) is 0.0769. The van der Waals surface area contributed by atoms with Gasteiger partial charge in [0.05, 0.1) is 5.56 Å². The lowest BCUT2D eigenvalue weighted by Crippen LogP contribution is -2.15. The van der Waals surface area contributed by atoms with E-state index in [1.165, 1.54) is 11.3 Å². The molecular formula is C13H13N3O2S. The lowest BCUT2D eigenvalue weighted by molar-refractivity contribution is 0.102. The van der Waals surface area contributed by atoms with E-state index in [9.17, 15) is 4.79 Å². The Hall–Kier alpha value is -2.34. The fourth-order valence-electron chi connectivity index (χ4n) is 1.61. The zero-order chi connectivity index (χ0) is 13.8. The van der Waals surface area contributed by atoms with Crippen LogP contribution in [-0.4, -0.2) is 17.0 Å². The molecule has 2 aromatic rings. The number of thiophene rings is 1. The van der Waals surface area contributed by atoms with Crippen LogP contribution in [0.25, 0.3) is 0 Å². The molecule has 5 nitrogen and oxygen atoms in total. The van der Waals surface area contributed by atoms with Crippen LogP contribution in [0.4, 0.5) is 5.69 Å². The molecule has 0 aliphatic carbocycles. The SMILES string of the molecule is Cc1cscc1C(=O)Nc1cccc(C(N)=NO)c1. The van der Waals surface area contributed by atoms with E-state index >= 15 is 0 Å². The van der Waals surface area contributed by atoms with Gasteiger partial charge in [-0.1, -0.05) is 17.3 Å². The Morgan fingerprint density at radius 2 is 2.21 bits per heavy atom. The van der Waals surface area contributed by atoms with Crippen LogP contribution in [0.15, 0.2) is 40.2 Å². The summed E-state index contributed by atoms with van der Waals surface area (Å²) < 4.78 is 0. The molecule has 1 amide bonds. The molecule has 0 saturated heterocycles. The molecule has 0 aliphatic heterocycles. The van der Waals surface area contributed by atoms with E-state index in [-0.39, 0.29) is 11.7 Å². The maximum atomic E-state index is 12.0. The van der Waals surface area contributed by atoms with E-state index < -0.39 is 0 Å². The molecule has 0 spiro atoms. The van der Waals surface area contributed by atoms with Gasteiger partial charge in [0.15, 0.2) is 5.84 Å². The van der Waals surface area contributed by atoms with Crippen LogP contribution in [0.5, 0.6) is 0 Å². The molecule has 4 N–H and O–H groups in total. The number of carbonyl (C=O) groups excluding carboxylic acids is 1. The van der Waals surface area contributed by atoms with Crippen molar-refractivity contribution in [2.45, 2.75) is 6.92 Å². The summed E-state index contributed by atoms with van der Waals surface area (Å²) in [6.45, 7) is 1.89. The maximum absolute atomic E-state index is 12.0. The average Bonchev–Trinajstić information content (AvgIpc) is 2.84. The number of nitrogens with zero attached hydrogens (tertiary/aromatic N) is 1. The van der Waals surface area contributed by atoms with Crippen molar-refractivity contribution in [3.8, 4) is 0 Å². The number of nitrogens with two attached hydrogens (primary N) is 1. The summed E-state index contributed by atoms with van der Waals surface area (Å²) in [6.07, 6.45) is 0. The van der Waals surface area contributed by atoms with Gasteiger partial charge < -0.3 is 16.3 Å². The number of amidine groups is 1. The van der Waals surface area contributed by atoms with Gasteiger partial charge in [-0.05, 0) is 30.0 Å². The van der Waals surface area contributed by atoms with E-state index in [4.69, 9.17) is 10.9 Å². The Bertz CT molecular complexity index is 634. The second kappa shape index (κ2) is 5.53. The molecule has 0 radical (unpaired) electrons. The minimum absolute atomic E-state index is 0.00260. The molecule has 19 heavy (non-hydrogen) atoms. The number of nitrogens with one attached hydrogen (secondary N) is 1. The van der Waals surface area contributed by atoms with Crippen LogP contribution in [0.3, 0.4) is 0 Å². The van der Waals surface area contributed by atoms with Crippen molar-refractivity contribution in [1.29, 1.82) is 0 Å². The predicted octanol–water partition coefficient (Wildman–Crippen LogP) is 2.40. The second-order valence-electron chi connectivity index (χ2n) is 3.99. The highest BCUT2D eigenvalue weighted by Gasteiger charge is 2.10. The Labute approximate surface area is 114 Å². The second-order valence-corrected chi connectivity index (χ2v) is 4.73. The Morgan fingerprint density at radius 1 is 1.42 bits per heavy atom. The molecule has 0 atom stereocenters. The van der Waals surface area contributed by atoms with Crippen molar-refractivity contribution >= 4 is 28.8 Å². The highest BCUT2D eigenvalue weighted by Crippen LogP contribution is 2.17. The molecule has 1 aromatic carbocycles. The Morgan fingerprint density at radius 3 is 2.84 bits per heavy atom. The van der Waals surface area contributed by atoms with Crippen LogP contribution < -0.4 is 11.1 Å². The normalized spacial score (nSPS) is 11.3. The van der Waals surface area contributed by atoms with Gasteiger partial charge in [0.2, 0.25) is 0 Å². The van der Waals surface area contributed by atoms with Gasteiger partial charge in [-0.2, -0.15) is 11.3 Å². The molecule has 6 heteroatoms. The molecule has 0 unspecified atom stereocenters. The smallest absolute Gasteiger partial charge is 0.256 e. The maximum Gasteiger partial charge on any atom is 0.256 e. The average molecular weight is 275 g/mol. The summed E-state index contributed by atoms with van der Waals surface area (Å²) in [7, 11) is 0. The van der Waals surface area contributed by atoms with Crippen molar-refractivity contribution in [1.82, 2.24) is 0 Å². The quantitative estimate of drug-likeness (QED) is 0.348. The molecule has 0 bridgehead atoms. The number of aryl methyl sites for hydroxylation is 1. The largest absolute Gasteiger partial charge is 0.409 e. The molecule has 2 rings (SSSR count). The fourth-order valence-corrected chi connectivity index (χ4v) is 2.43. The van der Waals surface area contributed by atoms with Crippen molar-refractivity contribution in [2.75, 3.05) is 5.32 Å². The lowest BCUT2D eigenvalue weighted by Gasteiger charge is -2.06. The zero-order valence-corrected chi connectivity index (χ0v) is 11.1. The van der Waals surface area contributed by atoms with Crippen LogP contribution in [0.2, 0.25) is 0 Å². The molecular weight excluding hydrogens is 262 g/mol. The molecule has 98 valence electrons. The van der Waals surface area contributed by atoms with Gasteiger partial charge in [0.1, 0.15) is 0 Å². The minimum atomic E-state index is -0.171. The first kappa shape index (κ1) is 13.1. The number of benzene rings is 1. The van der Waals surface area contributed by atoms with E-state index in [1.807, 2.05) is 12.3 Å². The highest BCUT2D eigenvalue weighted by molar-refractivity contribution is 7.08. The number of rotatable bonds is 3. The molecule has 1 heterocycles. The van der Waals surface area contributed by atoms with Crippen molar-refractivity contribution < 1.29 is 10.0 Å². The van der Waals surface area contributed by atoms with Gasteiger partial charge in [-0.15, -0.1) is 0 Å². The predicted molar refractivity (Wildman–Crippen MR) is 76.0 cm³/mol. The summed E-state index contributed by atoms with van der Waals surface area (Å²) in [5.74, 6) is -0.168. The van der Waals surface area contributed by atoms with E-state index in [0.717, 1.165) is 5.56 Å². The summed E-state index contributed by atoms with van der Waals surface area (Å²) in [5.41, 5.74) is 8.23. The number of amides is 1. The van der Waals surface area contributed by atoms with Crippen LogP contribution in [0.1, 0.15) is 21.5 Å². The first-order valence-electron chi connectivity index (χ1n) is 5.54. The summed E-state index contributed by atoms with van der Waals surface area (Å²) in [6, 6.07) is 6.81. The summed E-state index contributed by atoms with van der Waals surface area (Å²) in [5, 5.41) is 18.1. The Kier molecular flexibility index (Phi) is 3.82. The number of hydrogen-bond donors (Lipinski definition) is 3. The van der Waals surface area contributed by atoms with Crippen LogP contribution >= 0.6 is 11.3 Å². The lowest BCUT2D eigenvalue weighted by atomic mass is 10.1. The molecule has 0 saturated carbocycles. The van der Waals surface area contributed by atoms with Crippen LogP contribution in [0, 0.1) is 6.92 Å². The zero-order valence-electron chi connectivity index (χ0n) is 10.3. The first-order valence-corrected chi connectivity index (χ1v) is 6.48.